The molecule has 1 aliphatic heterocycles. The van der Waals surface area contributed by atoms with Crippen LogP contribution in [-0.4, -0.2) is 47.0 Å². The van der Waals surface area contributed by atoms with Crippen molar-refractivity contribution in [2.24, 2.45) is 0 Å². The van der Waals surface area contributed by atoms with Gasteiger partial charge in [0.25, 0.3) is 5.56 Å². The normalized spacial score (nSPS) is 14.7. The molecule has 2 heterocycles. The maximum atomic E-state index is 13.6. The van der Waals surface area contributed by atoms with E-state index >= 15 is 0 Å². The van der Waals surface area contributed by atoms with Crippen LogP contribution >= 0.6 is 0 Å². The summed E-state index contributed by atoms with van der Waals surface area (Å²) >= 11 is 0. The van der Waals surface area contributed by atoms with Gasteiger partial charge in [-0.15, -0.1) is 0 Å². The van der Waals surface area contributed by atoms with Crippen molar-refractivity contribution < 1.29 is 9.18 Å². The van der Waals surface area contributed by atoms with E-state index < -0.39 is 11.2 Å². The predicted octanol–water partition coefficient (Wildman–Crippen LogP) is 0.0936. The van der Waals surface area contributed by atoms with Crippen LogP contribution < -0.4 is 16.1 Å². The maximum Gasteiger partial charge on any atom is 0.327 e. The molecule has 1 saturated heterocycles. The Morgan fingerprint density at radius 2 is 1.79 bits per heavy atom. The minimum atomic E-state index is -0.560. The van der Waals surface area contributed by atoms with E-state index in [2.05, 4.69) is 9.97 Å². The number of aromatic amines is 2. The number of carbonyl (C=O) groups excluding carboxylic acids is 1. The lowest BCUT2D eigenvalue weighted by molar-refractivity contribution is -0.130. The Morgan fingerprint density at radius 3 is 2.46 bits per heavy atom. The van der Waals surface area contributed by atoms with Crippen molar-refractivity contribution in [2.45, 2.75) is 6.42 Å². The molecule has 8 heteroatoms. The first-order valence-corrected chi connectivity index (χ1v) is 7.63. The molecule has 3 rings (SSSR count). The fourth-order valence-electron chi connectivity index (χ4n) is 2.74. The van der Waals surface area contributed by atoms with E-state index in [4.69, 9.17) is 0 Å². The molecule has 126 valence electrons. The van der Waals surface area contributed by atoms with Crippen molar-refractivity contribution >= 4 is 11.7 Å². The van der Waals surface area contributed by atoms with Gasteiger partial charge in [-0.05, 0) is 11.6 Å². The van der Waals surface area contributed by atoms with Gasteiger partial charge in [-0.25, -0.2) is 9.18 Å². The third-order valence-electron chi connectivity index (χ3n) is 4.02. The number of hydrogen-bond acceptors (Lipinski definition) is 4. The summed E-state index contributed by atoms with van der Waals surface area (Å²) < 4.78 is 13.6. The summed E-state index contributed by atoms with van der Waals surface area (Å²) in [5.41, 5.74) is -0.647. The van der Waals surface area contributed by atoms with E-state index in [1.54, 1.807) is 23.1 Å². The van der Waals surface area contributed by atoms with Crippen molar-refractivity contribution in [3.05, 3.63) is 62.6 Å². The molecule has 1 aliphatic rings. The molecule has 1 amide bonds. The molecule has 0 unspecified atom stereocenters. The molecule has 0 radical (unpaired) electrons. The number of halogens is 1. The van der Waals surface area contributed by atoms with Gasteiger partial charge in [-0.3, -0.25) is 19.6 Å². The molecule has 1 aromatic carbocycles. The number of benzene rings is 1. The first-order chi connectivity index (χ1) is 11.5. The summed E-state index contributed by atoms with van der Waals surface area (Å²) in [6.07, 6.45) is 0.0223. The Balaban J connectivity index is 1.62. The summed E-state index contributed by atoms with van der Waals surface area (Å²) in [5.74, 6) is -0.0883. The van der Waals surface area contributed by atoms with Crippen LogP contribution in [-0.2, 0) is 11.2 Å². The third-order valence-corrected chi connectivity index (χ3v) is 4.02. The molecule has 0 atom stereocenters. The van der Waals surface area contributed by atoms with Crippen molar-refractivity contribution in [3.63, 3.8) is 0 Å². The number of nitrogens with zero attached hydrogens (tertiary/aromatic N) is 2. The van der Waals surface area contributed by atoms with Gasteiger partial charge in [0.2, 0.25) is 5.91 Å². The van der Waals surface area contributed by atoms with Gasteiger partial charge in [0.05, 0.1) is 6.42 Å². The van der Waals surface area contributed by atoms with Crippen molar-refractivity contribution in [2.75, 3.05) is 31.1 Å². The average molecular weight is 332 g/mol. The quantitative estimate of drug-likeness (QED) is 0.834. The first-order valence-electron chi connectivity index (χ1n) is 7.63. The van der Waals surface area contributed by atoms with E-state index in [-0.39, 0.29) is 18.1 Å². The van der Waals surface area contributed by atoms with Gasteiger partial charge in [0, 0.05) is 32.2 Å². The minimum absolute atomic E-state index is 0.0223. The minimum Gasteiger partial charge on any atom is -0.354 e. The summed E-state index contributed by atoms with van der Waals surface area (Å²) in [4.78, 5) is 43.2. The summed E-state index contributed by atoms with van der Waals surface area (Å²) in [5, 5.41) is 0. The Morgan fingerprint density at radius 1 is 1.08 bits per heavy atom. The zero-order valence-corrected chi connectivity index (χ0v) is 12.9. The smallest absolute Gasteiger partial charge is 0.327 e. The Kier molecular flexibility index (Phi) is 4.45. The van der Waals surface area contributed by atoms with Crippen LogP contribution in [0.25, 0.3) is 0 Å². The van der Waals surface area contributed by atoms with E-state index in [1.807, 2.05) is 4.90 Å². The molecule has 2 N–H and O–H groups in total. The molecule has 1 fully saturated rings. The topological polar surface area (TPSA) is 89.3 Å². The fraction of sp³-hybridized carbons (Fsp3) is 0.312. The summed E-state index contributed by atoms with van der Waals surface area (Å²) in [6, 6.07) is 7.55. The molecule has 7 nitrogen and oxygen atoms in total. The van der Waals surface area contributed by atoms with Crippen LogP contribution in [0.2, 0.25) is 0 Å². The second-order valence-corrected chi connectivity index (χ2v) is 5.61. The van der Waals surface area contributed by atoms with Gasteiger partial charge < -0.3 is 9.80 Å². The highest BCUT2D eigenvalue weighted by Gasteiger charge is 2.22. The molecule has 0 saturated carbocycles. The Labute approximate surface area is 136 Å². The average Bonchev–Trinajstić information content (AvgIpc) is 2.56. The SMILES string of the molecule is O=C(Cc1ccccc1F)N1CCN(c2cc(=O)[nH]c(=O)[nH]2)CC1. The zero-order valence-electron chi connectivity index (χ0n) is 12.9. The van der Waals surface area contributed by atoms with Crippen LogP contribution in [0.4, 0.5) is 10.2 Å². The second-order valence-electron chi connectivity index (χ2n) is 5.61. The number of hydrogen-bond donors (Lipinski definition) is 2. The number of amides is 1. The number of aromatic nitrogens is 2. The molecule has 24 heavy (non-hydrogen) atoms. The number of rotatable bonds is 3. The molecule has 0 spiro atoms. The number of anilines is 1. The Bertz CT molecular complexity index is 824. The molecule has 2 aromatic rings. The van der Waals surface area contributed by atoms with Gasteiger partial charge in [0.15, 0.2) is 0 Å². The summed E-state index contributed by atoms with van der Waals surface area (Å²) in [6.45, 7) is 1.87. The van der Waals surface area contributed by atoms with Crippen molar-refractivity contribution in [1.29, 1.82) is 0 Å². The lowest BCUT2D eigenvalue weighted by atomic mass is 10.1. The lowest BCUT2D eigenvalue weighted by Gasteiger charge is -2.35. The number of nitrogens with one attached hydrogen (secondary N) is 2. The van der Waals surface area contributed by atoms with Crippen LogP contribution in [0.3, 0.4) is 0 Å². The van der Waals surface area contributed by atoms with Crippen LogP contribution in [0, 0.1) is 5.82 Å². The maximum absolute atomic E-state index is 13.6. The van der Waals surface area contributed by atoms with Crippen LogP contribution in [0.5, 0.6) is 0 Å². The molecule has 0 bridgehead atoms. The highest BCUT2D eigenvalue weighted by molar-refractivity contribution is 5.79. The molecular weight excluding hydrogens is 315 g/mol. The van der Waals surface area contributed by atoms with Crippen molar-refractivity contribution in [3.8, 4) is 0 Å². The monoisotopic (exact) mass is 332 g/mol. The predicted molar refractivity (Wildman–Crippen MR) is 86.6 cm³/mol. The standard InChI is InChI=1S/C16H17FN4O3/c17-12-4-2-1-3-11(12)9-15(23)21-7-5-20(6-8-21)13-10-14(22)19-16(24)18-13/h1-4,10H,5-9H2,(H2,18,19,22,24). The van der Waals surface area contributed by atoms with Gasteiger partial charge >= 0.3 is 5.69 Å². The molecule has 1 aromatic heterocycles. The number of carbonyl (C=O) groups is 1. The van der Waals surface area contributed by atoms with E-state index in [0.717, 1.165) is 0 Å². The molecular formula is C16H17FN4O3. The van der Waals surface area contributed by atoms with E-state index in [1.165, 1.54) is 12.1 Å². The van der Waals surface area contributed by atoms with Crippen LogP contribution in [0.15, 0.2) is 39.9 Å². The van der Waals surface area contributed by atoms with Crippen LogP contribution in [0.1, 0.15) is 5.56 Å². The van der Waals surface area contributed by atoms with E-state index in [9.17, 15) is 18.8 Å². The summed E-state index contributed by atoms with van der Waals surface area (Å²) in [7, 11) is 0. The van der Waals surface area contributed by atoms with Crippen molar-refractivity contribution in [1.82, 2.24) is 14.9 Å². The third kappa shape index (κ3) is 3.53. The van der Waals surface area contributed by atoms with Gasteiger partial charge in [-0.1, -0.05) is 18.2 Å². The van der Waals surface area contributed by atoms with Gasteiger partial charge in [-0.2, -0.15) is 0 Å². The second kappa shape index (κ2) is 6.69. The first kappa shape index (κ1) is 16.0. The van der Waals surface area contributed by atoms with Gasteiger partial charge in [0.1, 0.15) is 11.6 Å². The highest BCUT2D eigenvalue weighted by atomic mass is 19.1. The lowest BCUT2D eigenvalue weighted by Crippen LogP contribution is -2.50. The number of H-pyrrole nitrogens is 2. The Hall–Kier alpha value is -2.90. The molecule has 0 aliphatic carbocycles. The fourth-order valence-corrected chi connectivity index (χ4v) is 2.74. The largest absolute Gasteiger partial charge is 0.354 e. The number of piperazine rings is 1. The van der Waals surface area contributed by atoms with E-state index in [0.29, 0.717) is 37.6 Å². The highest BCUT2D eigenvalue weighted by Crippen LogP contribution is 2.13. The zero-order chi connectivity index (χ0) is 17.1.